The van der Waals surface area contributed by atoms with Crippen molar-refractivity contribution < 1.29 is 4.52 Å². The van der Waals surface area contributed by atoms with E-state index >= 15 is 0 Å². The first-order chi connectivity index (χ1) is 17.6. The topological polar surface area (TPSA) is 9.23 Å². The molecule has 2 aliphatic heterocycles. The molecule has 0 bridgehead atoms. The van der Waals surface area contributed by atoms with Crippen molar-refractivity contribution in [2.45, 2.75) is 20.0 Å². The summed E-state index contributed by atoms with van der Waals surface area (Å²) in [4.78, 5) is 0. The second-order valence-corrected chi connectivity index (χ2v) is 14.5. The Morgan fingerprint density at radius 3 is 1.97 bits per heavy atom. The van der Waals surface area contributed by atoms with Crippen LogP contribution in [0.3, 0.4) is 0 Å². The predicted molar refractivity (Wildman–Crippen MR) is 154 cm³/mol. The number of hydrogen-bond acceptors (Lipinski definition) is 1. The van der Waals surface area contributed by atoms with Crippen LogP contribution < -0.4 is 21.2 Å². The molecule has 0 aliphatic carbocycles. The summed E-state index contributed by atoms with van der Waals surface area (Å²) in [6.45, 7) is 0.908. The Hall–Kier alpha value is -3.22. The van der Waals surface area contributed by atoms with Crippen molar-refractivity contribution in [1.82, 2.24) is 0 Å². The predicted octanol–water partition coefficient (Wildman–Crippen LogP) is 7.13. The molecule has 0 saturated carbocycles. The third kappa shape index (κ3) is 2.53. The van der Waals surface area contributed by atoms with E-state index in [1.807, 2.05) is 12.1 Å². The summed E-state index contributed by atoms with van der Waals surface area (Å²) < 4.78 is 7.88. The standard InChI is InChI=1S/C33H26ClOP/c1-22-10-3-6-15-29(22)36(30-16-7-4-12-26(30)27-14-9-11-23(2)33(27)36)31-17-8-5-13-28(31)32(35-36)24-18-20-25(34)21-19-24/h3-21,32H,1-2H3/t32-/m0/s1. The van der Waals surface area contributed by atoms with E-state index in [4.69, 9.17) is 16.1 Å². The molecule has 0 amide bonds. The monoisotopic (exact) mass is 504 g/mol. The van der Waals surface area contributed by atoms with Gasteiger partial charge in [0.1, 0.15) is 0 Å². The van der Waals surface area contributed by atoms with Crippen LogP contribution in [0.25, 0.3) is 11.1 Å². The van der Waals surface area contributed by atoms with Gasteiger partial charge in [-0.15, -0.1) is 0 Å². The fourth-order valence-corrected chi connectivity index (χ4v) is 14.1. The summed E-state index contributed by atoms with van der Waals surface area (Å²) in [5, 5.41) is 6.01. The van der Waals surface area contributed by atoms with Crippen LogP contribution in [0.4, 0.5) is 0 Å². The molecule has 1 nitrogen and oxygen atoms in total. The molecule has 0 N–H and O–H groups in total. The van der Waals surface area contributed by atoms with Crippen molar-refractivity contribution in [2.24, 2.45) is 0 Å². The Kier molecular flexibility index (Phi) is 4.67. The molecule has 1 spiro atoms. The van der Waals surface area contributed by atoms with Crippen molar-refractivity contribution in [3.63, 3.8) is 0 Å². The minimum atomic E-state index is -3.57. The van der Waals surface area contributed by atoms with E-state index in [0.29, 0.717) is 0 Å². The van der Waals surface area contributed by atoms with Crippen LogP contribution in [0.15, 0.2) is 115 Å². The molecule has 2 heterocycles. The Balaban J connectivity index is 1.73. The van der Waals surface area contributed by atoms with Crippen molar-refractivity contribution in [3.05, 3.63) is 143 Å². The van der Waals surface area contributed by atoms with Crippen LogP contribution in [0.5, 0.6) is 0 Å². The molecular formula is C33H26ClOP. The van der Waals surface area contributed by atoms with Gasteiger partial charge in [0, 0.05) is 0 Å². The number of benzene rings is 5. The van der Waals surface area contributed by atoms with Gasteiger partial charge in [-0.05, 0) is 0 Å². The number of halogens is 1. The van der Waals surface area contributed by atoms with Crippen molar-refractivity contribution in [3.8, 4) is 11.1 Å². The first-order valence-electron chi connectivity index (χ1n) is 12.4. The van der Waals surface area contributed by atoms with E-state index in [2.05, 4.69) is 117 Å². The van der Waals surface area contributed by atoms with E-state index in [0.717, 1.165) is 10.6 Å². The van der Waals surface area contributed by atoms with Crippen molar-refractivity contribution >= 4 is 39.6 Å². The van der Waals surface area contributed by atoms with Crippen molar-refractivity contribution in [2.75, 3.05) is 0 Å². The molecule has 0 saturated heterocycles. The SMILES string of the molecule is Cc1ccccc1P12(O[C@@H](c3ccc(Cl)cc3)c3ccccc31)c1ccccc1-c1cccc(C)c12. The van der Waals surface area contributed by atoms with Gasteiger partial charge in [0.05, 0.1) is 0 Å². The number of fused-ring (bicyclic) bond motifs is 7. The Bertz CT molecular complexity index is 1670. The molecule has 0 unspecified atom stereocenters. The average Bonchev–Trinajstić information content (AvgIpc) is 3.36. The van der Waals surface area contributed by atoms with Gasteiger partial charge in [-0.1, -0.05) is 0 Å². The third-order valence-electron chi connectivity index (χ3n) is 8.06. The Morgan fingerprint density at radius 1 is 0.583 bits per heavy atom. The zero-order valence-corrected chi connectivity index (χ0v) is 21.9. The van der Waals surface area contributed by atoms with Gasteiger partial charge >= 0.3 is 218 Å². The van der Waals surface area contributed by atoms with Gasteiger partial charge in [0.2, 0.25) is 0 Å². The normalized spacial score (nSPS) is 19.2. The summed E-state index contributed by atoms with van der Waals surface area (Å²) in [5.41, 5.74) is 7.47. The van der Waals surface area contributed by atoms with E-state index in [1.54, 1.807) is 0 Å². The second kappa shape index (κ2) is 7.64. The molecule has 5 aromatic rings. The first kappa shape index (κ1) is 22.0. The summed E-state index contributed by atoms with van der Waals surface area (Å²) in [5.74, 6) is 0. The molecule has 2 aliphatic rings. The molecule has 176 valence electrons. The van der Waals surface area contributed by atoms with Crippen LogP contribution in [0, 0.1) is 13.8 Å². The summed E-state index contributed by atoms with van der Waals surface area (Å²) in [7, 11) is 0. The Morgan fingerprint density at radius 2 is 1.19 bits per heavy atom. The molecule has 0 aromatic heterocycles. The maximum atomic E-state index is 7.88. The quantitative estimate of drug-likeness (QED) is 0.232. The van der Waals surface area contributed by atoms with Gasteiger partial charge in [-0.2, -0.15) is 0 Å². The van der Waals surface area contributed by atoms with Crippen LogP contribution in [-0.4, -0.2) is 0 Å². The molecule has 1 atom stereocenters. The van der Waals surface area contributed by atoms with Gasteiger partial charge in [-0.25, -0.2) is 0 Å². The van der Waals surface area contributed by atoms with E-state index in [-0.39, 0.29) is 6.10 Å². The molecule has 7 rings (SSSR count). The molecular weight excluding hydrogens is 479 g/mol. The van der Waals surface area contributed by atoms with Crippen LogP contribution in [-0.2, 0) is 4.52 Å². The molecule has 0 fully saturated rings. The van der Waals surface area contributed by atoms with Crippen LogP contribution in [0.1, 0.15) is 28.4 Å². The fraction of sp³-hybridized carbons (Fsp3) is 0.0909. The van der Waals surface area contributed by atoms with E-state index in [9.17, 15) is 0 Å². The number of rotatable bonds is 2. The van der Waals surface area contributed by atoms with E-state index in [1.165, 1.54) is 49.0 Å². The van der Waals surface area contributed by atoms with Gasteiger partial charge in [-0.3, -0.25) is 0 Å². The summed E-state index contributed by atoms with van der Waals surface area (Å²) in [6.07, 6.45) is -0.200. The average molecular weight is 505 g/mol. The molecule has 5 aromatic carbocycles. The zero-order chi connectivity index (χ0) is 24.5. The first-order valence-corrected chi connectivity index (χ1v) is 14.9. The van der Waals surface area contributed by atoms with Gasteiger partial charge < -0.3 is 0 Å². The van der Waals surface area contributed by atoms with Crippen molar-refractivity contribution in [1.29, 1.82) is 0 Å². The fourth-order valence-electron chi connectivity index (χ4n) is 6.78. The second-order valence-electron chi connectivity index (χ2n) is 9.91. The molecule has 36 heavy (non-hydrogen) atoms. The van der Waals surface area contributed by atoms with Gasteiger partial charge in [0.25, 0.3) is 0 Å². The summed E-state index contributed by atoms with van der Waals surface area (Å²) in [6, 6.07) is 41.5. The summed E-state index contributed by atoms with van der Waals surface area (Å²) >= 11 is 6.31. The number of hydrogen-bond donors (Lipinski definition) is 0. The van der Waals surface area contributed by atoms with Gasteiger partial charge in [0.15, 0.2) is 0 Å². The molecule has 0 radical (unpaired) electrons. The third-order valence-corrected chi connectivity index (χ3v) is 14.5. The number of aryl methyl sites for hydroxylation is 2. The minimum absolute atomic E-state index is 0.200. The maximum absolute atomic E-state index is 7.88. The van der Waals surface area contributed by atoms with E-state index < -0.39 is 6.83 Å². The van der Waals surface area contributed by atoms with Crippen LogP contribution >= 0.6 is 18.4 Å². The Labute approximate surface area is 217 Å². The van der Waals surface area contributed by atoms with Crippen LogP contribution in [0.2, 0.25) is 5.02 Å². The zero-order valence-electron chi connectivity index (χ0n) is 20.3. The molecule has 3 heteroatoms.